The maximum Gasteiger partial charge on any atom is 0.0601 e. The van der Waals surface area contributed by atoms with Crippen molar-refractivity contribution in [1.29, 1.82) is 0 Å². The molecule has 0 radical (unpaired) electrons. The van der Waals surface area contributed by atoms with Gasteiger partial charge in [-0.15, -0.1) is 0 Å². The summed E-state index contributed by atoms with van der Waals surface area (Å²) in [7, 11) is 1.82. The van der Waals surface area contributed by atoms with Crippen LogP contribution in [0.25, 0.3) is 0 Å². The standard InChI is InChI=1S/C8H15NOS/c1-10-8-4-6-2-3-7(5-8)9(6)11/h6-8,11H,2-5H2,1H3. The number of rotatable bonds is 1. The summed E-state index contributed by atoms with van der Waals surface area (Å²) in [5.74, 6) is 0. The number of hydrogen-bond acceptors (Lipinski definition) is 3. The third kappa shape index (κ3) is 1.30. The molecule has 2 heterocycles. The highest BCUT2D eigenvalue weighted by atomic mass is 32.1. The van der Waals surface area contributed by atoms with Crippen molar-refractivity contribution in [3.05, 3.63) is 0 Å². The smallest absolute Gasteiger partial charge is 0.0601 e. The molecule has 0 aliphatic carbocycles. The number of ether oxygens (including phenoxy) is 1. The van der Waals surface area contributed by atoms with Gasteiger partial charge in [-0.05, 0) is 25.7 Å². The molecule has 2 unspecified atom stereocenters. The lowest BCUT2D eigenvalue weighted by atomic mass is 10.0. The summed E-state index contributed by atoms with van der Waals surface area (Å²) in [6.07, 6.45) is 5.48. The first kappa shape index (κ1) is 7.90. The second-order valence-corrected chi connectivity index (χ2v) is 4.06. The third-order valence-corrected chi connectivity index (χ3v) is 3.64. The molecule has 0 aromatic carbocycles. The van der Waals surface area contributed by atoms with E-state index in [1.54, 1.807) is 0 Å². The molecule has 0 spiro atoms. The molecule has 2 rings (SSSR count). The highest BCUT2D eigenvalue weighted by molar-refractivity contribution is 7.77. The van der Waals surface area contributed by atoms with Gasteiger partial charge in [-0.2, -0.15) is 0 Å². The fourth-order valence-electron chi connectivity index (χ4n) is 2.29. The molecular formula is C8H15NOS. The highest BCUT2D eigenvalue weighted by Crippen LogP contribution is 2.37. The van der Waals surface area contributed by atoms with Crippen molar-refractivity contribution in [2.75, 3.05) is 7.11 Å². The average Bonchev–Trinajstić information content (AvgIpc) is 2.26. The van der Waals surface area contributed by atoms with E-state index in [4.69, 9.17) is 4.74 Å². The number of thiol groups is 1. The molecule has 2 aliphatic rings. The zero-order valence-corrected chi connectivity index (χ0v) is 7.76. The largest absolute Gasteiger partial charge is 0.381 e. The molecule has 2 nitrogen and oxygen atoms in total. The van der Waals surface area contributed by atoms with E-state index in [2.05, 4.69) is 17.1 Å². The number of methoxy groups -OCH3 is 1. The topological polar surface area (TPSA) is 12.5 Å². The van der Waals surface area contributed by atoms with Crippen molar-refractivity contribution in [3.8, 4) is 0 Å². The minimum atomic E-state index is 0.496. The summed E-state index contributed by atoms with van der Waals surface area (Å²) in [4.78, 5) is 0. The van der Waals surface area contributed by atoms with Crippen LogP contribution in [-0.2, 0) is 4.74 Å². The van der Waals surface area contributed by atoms with Crippen molar-refractivity contribution < 1.29 is 4.74 Å². The summed E-state index contributed by atoms with van der Waals surface area (Å²) in [6.45, 7) is 0. The summed E-state index contributed by atoms with van der Waals surface area (Å²) in [6, 6.07) is 1.36. The second-order valence-electron chi connectivity index (χ2n) is 3.59. The Hall–Kier alpha value is 0.270. The second kappa shape index (κ2) is 2.96. The minimum absolute atomic E-state index is 0.496. The van der Waals surface area contributed by atoms with E-state index in [0.717, 1.165) is 0 Å². The van der Waals surface area contributed by atoms with Crippen LogP contribution in [0.2, 0.25) is 0 Å². The van der Waals surface area contributed by atoms with Crippen LogP contribution in [0.15, 0.2) is 0 Å². The van der Waals surface area contributed by atoms with Crippen LogP contribution in [0, 0.1) is 0 Å². The lowest BCUT2D eigenvalue weighted by molar-refractivity contribution is 0.0385. The van der Waals surface area contributed by atoms with Gasteiger partial charge >= 0.3 is 0 Å². The molecule has 0 amide bonds. The Morgan fingerprint density at radius 3 is 2.27 bits per heavy atom. The van der Waals surface area contributed by atoms with Crippen LogP contribution in [0.3, 0.4) is 0 Å². The van der Waals surface area contributed by atoms with Crippen molar-refractivity contribution in [2.45, 2.75) is 43.9 Å². The Morgan fingerprint density at radius 1 is 1.27 bits per heavy atom. The van der Waals surface area contributed by atoms with E-state index >= 15 is 0 Å². The normalized spacial score (nSPS) is 44.7. The van der Waals surface area contributed by atoms with E-state index < -0.39 is 0 Å². The lowest BCUT2D eigenvalue weighted by Crippen LogP contribution is -2.39. The molecule has 3 heteroatoms. The molecule has 2 atom stereocenters. The van der Waals surface area contributed by atoms with Gasteiger partial charge in [0.1, 0.15) is 0 Å². The summed E-state index contributed by atoms with van der Waals surface area (Å²) in [5.41, 5.74) is 0. The van der Waals surface area contributed by atoms with Crippen LogP contribution in [0.5, 0.6) is 0 Å². The predicted octanol–water partition coefficient (Wildman–Crippen LogP) is 1.47. The van der Waals surface area contributed by atoms with E-state index in [1.165, 1.54) is 25.7 Å². The minimum Gasteiger partial charge on any atom is -0.381 e. The van der Waals surface area contributed by atoms with Crippen LogP contribution in [-0.4, -0.2) is 29.6 Å². The van der Waals surface area contributed by atoms with Gasteiger partial charge in [0.15, 0.2) is 0 Å². The van der Waals surface area contributed by atoms with Crippen LogP contribution < -0.4 is 0 Å². The summed E-state index contributed by atoms with van der Waals surface area (Å²) >= 11 is 4.47. The van der Waals surface area contributed by atoms with Gasteiger partial charge < -0.3 is 4.74 Å². The SMILES string of the molecule is COC1CC2CCC(C1)N2S. The van der Waals surface area contributed by atoms with Crippen LogP contribution >= 0.6 is 12.8 Å². The van der Waals surface area contributed by atoms with E-state index in [0.29, 0.717) is 18.2 Å². The van der Waals surface area contributed by atoms with Gasteiger partial charge in [0.2, 0.25) is 0 Å². The molecule has 0 aromatic heterocycles. The number of nitrogens with zero attached hydrogens (tertiary/aromatic N) is 1. The number of hydrogen-bond donors (Lipinski definition) is 1. The van der Waals surface area contributed by atoms with Crippen molar-refractivity contribution in [3.63, 3.8) is 0 Å². The molecule has 2 fully saturated rings. The van der Waals surface area contributed by atoms with Gasteiger partial charge in [-0.3, -0.25) is 0 Å². The van der Waals surface area contributed by atoms with Gasteiger partial charge in [0.25, 0.3) is 0 Å². The van der Waals surface area contributed by atoms with E-state index in [1.807, 2.05) is 7.11 Å². The molecule has 11 heavy (non-hydrogen) atoms. The first-order valence-electron chi connectivity index (χ1n) is 4.31. The average molecular weight is 173 g/mol. The molecule has 64 valence electrons. The van der Waals surface area contributed by atoms with Gasteiger partial charge in [0.05, 0.1) is 6.10 Å². The summed E-state index contributed by atoms with van der Waals surface area (Å²) < 4.78 is 7.59. The Morgan fingerprint density at radius 2 is 1.82 bits per heavy atom. The molecule has 0 saturated carbocycles. The first-order valence-corrected chi connectivity index (χ1v) is 4.71. The van der Waals surface area contributed by atoms with Gasteiger partial charge in [-0.1, -0.05) is 12.8 Å². The fraction of sp³-hybridized carbons (Fsp3) is 1.00. The molecular weight excluding hydrogens is 158 g/mol. The Kier molecular flexibility index (Phi) is 2.12. The van der Waals surface area contributed by atoms with Crippen LogP contribution in [0.1, 0.15) is 25.7 Å². The van der Waals surface area contributed by atoms with Crippen molar-refractivity contribution in [1.82, 2.24) is 4.31 Å². The Labute approximate surface area is 73.4 Å². The molecule has 2 saturated heterocycles. The number of fused-ring (bicyclic) bond motifs is 2. The maximum absolute atomic E-state index is 5.36. The summed E-state index contributed by atoms with van der Waals surface area (Å²) in [5, 5.41) is 0. The van der Waals surface area contributed by atoms with E-state index in [9.17, 15) is 0 Å². The Bertz CT molecular complexity index is 139. The zero-order chi connectivity index (χ0) is 7.84. The first-order chi connectivity index (χ1) is 5.31. The van der Waals surface area contributed by atoms with E-state index in [-0.39, 0.29) is 0 Å². The third-order valence-electron chi connectivity index (χ3n) is 2.98. The van der Waals surface area contributed by atoms with Gasteiger partial charge in [-0.25, -0.2) is 4.31 Å². The molecule has 0 aromatic rings. The molecule has 2 aliphatic heterocycles. The maximum atomic E-state index is 5.36. The molecule has 2 bridgehead atoms. The number of piperidine rings is 1. The zero-order valence-electron chi connectivity index (χ0n) is 6.86. The quantitative estimate of drug-likeness (QED) is 0.603. The van der Waals surface area contributed by atoms with Crippen LogP contribution in [0.4, 0.5) is 0 Å². The lowest BCUT2D eigenvalue weighted by Gasteiger charge is -2.34. The predicted molar refractivity (Wildman–Crippen MR) is 47.7 cm³/mol. The van der Waals surface area contributed by atoms with Crippen molar-refractivity contribution in [2.24, 2.45) is 0 Å². The van der Waals surface area contributed by atoms with Gasteiger partial charge in [0, 0.05) is 19.2 Å². The van der Waals surface area contributed by atoms with Crippen molar-refractivity contribution >= 4 is 12.8 Å². The Balaban J connectivity index is 2.02. The monoisotopic (exact) mass is 173 g/mol. The molecule has 0 N–H and O–H groups in total. The highest BCUT2D eigenvalue weighted by Gasteiger charge is 2.39. The fourth-order valence-corrected chi connectivity index (χ4v) is 2.71.